The van der Waals surface area contributed by atoms with Crippen molar-refractivity contribution in [2.75, 3.05) is 18.8 Å². The van der Waals surface area contributed by atoms with Gasteiger partial charge in [-0.05, 0) is 83.7 Å². The van der Waals surface area contributed by atoms with E-state index in [0.717, 1.165) is 0 Å². The molecule has 3 aliphatic rings. The molecule has 0 spiro atoms. The van der Waals surface area contributed by atoms with Crippen LogP contribution in [0.5, 0.6) is 0 Å². The number of unbranched alkanes of at least 4 members (excludes halogenated alkanes) is 1. The fourth-order valence-corrected chi connectivity index (χ4v) is 12.9. The van der Waals surface area contributed by atoms with E-state index in [1.165, 1.54) is 17.8 Å². The minimum atomic E-state index is -4.96. The summed E-state index contributed by atoms with van der Waals surface area (Å²) < 4.78 is 140. The van der Waals surface area contributed by atoms with Gasteiger partial charge in [-0.2, -0.15) is 15.5 Å². The summed E-state index contributed by atoms with van der Waals surface area (Å²) in [5, 5.41) is 21.7. The van der Waals surface area contributed by atoms with Gasteiger partial charge >= 0.3 is 206 Å². The maximum atomic E-state index is 13.0. The zero-order valence-corrected chi connectivity index (χ0v) is 53.5. The molecule has 3 aliphatic carbocycles. The summed E-state index contributed by atoms with van der Waals surface area (Å²) in [5.41, 5.74) is -0.000815. The second kappa shape index (κ2) is 30.4. The Morgan fingerprint density at radius 3 is 1.84 bits per heavy atom. The predicted octanol–water partition coefficient (Wildman–Crippen LogP) is -11.4. The van der Waals surface area contributed by atoms with E-state index in [4.69, 9.17) is 23.2 Å². The SMILES string of the molecule is CC(=O)NC1CC(N(CCCCS(=O)(=O)[O-])CCCC(=O)NC2CC(S(=O)(=O)[O-])CC(S(=O)(=O)[O-])C2)CCC1N=Nc1c(C#N)cnn1C1C(Cl)CC(S(=O)(=O)[O-])CC1Cl.[K+].[K+].[K+].[K+]. The normalized spacial score (nSPS) is 27.7. The van der Waals surface area contributed by atoms with Crippen molar-refractivity contribution in [1.29, 1.82) is 5.26 Å². The number of azo groups is 1. The topological polar surface area (TPSA) is 357 Å². The number of nitriles is 1. The van der Waals surface area contributed by atoms with Gasteiger partial charge in [0.15, 0.2) is 5.82 Å². The molecule has 340 valence electrons. The fourth-order valence-electron chi connectivity index (χ4n) is 8.16. The Kier molecular flexibility index (Phi) is 32.2. The molecule has 22 nitrogen and oxygen atoms in total. The number of hydrogen-bond donors (Lipinski definition) is 2. The Bertz CT molecular complexity index is 2190. The summed E-state index contributed by atoms with van der Waals surface area (Å²) in [6.07, 6.45) is 0.865. The van der Waals surface area contributed by atoms with E-state index in [-0.39, 0.29) is 287 Å². The molecule has 1 heterocycles. The van der Waals surface area contributed by atoms with Gasteiger partial charge in [0.25, 0.3) is 0 Å². The molecule has 2 N–H and O–H groups in total. The van der Waals surface area contributed by atoms with Crippen molar-refractivity contribution in [1.82, 2.24) is 25.3 Å². The summed E-state index contributed by atoms with van der Waals surface area (Å²) in [7, 11) is -19.1. The predicted molar refractivity (Wildman–Crippen MR) is 209 cm³/mol. The molecule has 1 aromatic heterocycles. The van der Waals surface area contributed by atoms with E-state index in [1.54, 1.807) is 0 Å². The van der Waals surface area contributed by atoms with Crippen molar-refractivity contribution in [2.45, 2.75) is 141 Å². The quantitative estimate of drug-likeness (QED) is 0.0453. The Morgan fingerprint density at radius 2 is 1.34 bits per heavy atom. The summed E-state index contributed by atoms with van der Waals surface area (Å²) in [5.74, 6) is -1.61. The monoisotopic (exact) mass is 1120 g/mol. The third-order valence-corrected chi connectivity index (χ3v) is 16.3. The molecule has 1 aromatic rings. The van der Waals surface area contributed by atoms with Crippen LogP contribution in [-0.4, -0.2) is 148 Å². The Labute approximate surface area is 554 Å². The van der Waals surface area contributed by atoms with Gasteiger partial charge < -0.3 is 33.7 Å². The first-order chi connectivity index (χ1) is 27.8. The molecular weight excluding hydrogens is 1080 g/mol. The molecule has 0 aliphatic heterocycles. The molecule has 0 aromatic carbocycles. The van der Waals surface area contributed by atoms with Crippen LogP contribution in [0, 0.1) is 11.3 Å². The number of nitrogens with zero attached hydrogens (tertiary/aromatic N) is 6. The summed E-state index contributed by atoms with van der Waals surface area (Å²) in [6, 6.07) is -1.50. The zero-order chi connectivity index (χ0) is 44.8. The number of nitrogens with one attached hydrogen (secondary N) is 2. The van der Waals surface area contributed by atoms with Gasteiger partial charge in [-0.1, -0.05) is 0 Å². The molecule has 64 heavy (non-hydrogen) atoms. The molecule has 32 heteroatoms. The minimum absolute atomic E-state index is 0. The van der Waals surface area contributed by atoms with Crippen molar-refractivity contribution >= 4 is 81.3 Å². The van der Waals surface area contributed by atoms with Crippen LogP contribution in [0.3, 0.4) is 0 Å². The standard InChI is InChI=1S/C32H50Cl2N8O14S4.4K/c1-19(43)37-29-13-22(6-7-28(29)39-40-32-20(17-35)18-36-42(32)31-26(33)15-25(16-27(31)34)60(54,55)56)41(8-2-3-10-57(45,46)47)9-4-5-30(44)38-21-11-23(58(48,49)50)14-24(12-21)59(51,52)53;;;;/h18,21-29,31H,2-16H2,1H3,(H,37,43)(H,38,44)(H,45,46,47)(H,48,49,50)(H,51,52,53)(H,54,55,56);;;;/q;4*+1/p-4. The van der Waals surface area contributed by atoms with Gasteiger partial charge in [0.05, 0.1) is 91.3 Å². The zero-order valence-electron chi connectivity index (χ0n) is 36.2. The number of aromatic nitrogens is 2. The van der Waals surface area contributed by atoms with Crippen LogP contribution in [0.4, 0.5) is 5.82 Å². The van der Waals surface area contributed by atoms with Crippen molar-refractivity contribution in [3.63, 3.8) is 0 Å². The van der Waals surface area contributed by atoms with Gasteiger partial charge in [0, 0.05) is 31.2 Å². The average molecular weight is 1120 g/mol. The molecule has 7 atom stereocenters. The van der Waals surface area contributed by atoms with Crippen LogP contribution in [0.15, 0.2) is 16.4 Å². The molecular formula is C32H46Cl2K4N8O14S4. The number of halogens is 2. The number of amides is 2. The first-order valence-electron chi connectivity index (χ1n) is 19.0. The molecule has 0 bridgehead atoms. The third-order valence-electron chi connectivity index (χ3n) is 11.0. The molecule has 0 radical (unpaired) electrons. The molecule has 3 fully saturated rings. The van der Waals surface area contributed by atoms with Gasteiger partial charge in [0.2, 0.25) is 11.8 Å². The van der Waals surface area contributed by atoms with Crippen molar-refractivity contribution < 1.29 is 267 Å². The Balaban J connectivity index is 0.00000992. The number of carbonyl (C=O) groups excluding carboxylic acids is 2. The van der Waals surface area contributed by atoms with Gasteiger partial charge in [-0.25, -0.2) is 38.4 Å². The van der Waals surface area contributed by atoms with Crippen molar-refractivity contribution in [3.8, 4) is 6.07 Å². The van der Waals surface area contributed by atoms with E-state index in [2.05, 4.69) is 26.0 Å². The second-order valence-electron chi connectivity index (χ2n) is 15.4. The van der Waals surface area contributed by atoms with Crippen molar-refractivity contribution in [3.05, 3.63) is 11.8 Å². The number of carbonyl (C=O) groups is 2. The van der Waals surface area contributed by atoms with E-state index in [9.17, 15) is 66.7 Å². The van der Waals surface area contributed by atoms with Gasteiger partial charge in [-0.3, -0.25) is 9.59 Å². The third kappa shape index (κ3) is 21.8. The van der Waals surface area contributed by atoms with Gasteiger partial charge in [-0.15, -0.1) is 28.3 Å². The minimum Gasteiger partial charge on any atom is -0.748 e. The number of hydrogen-bond acceptors (Lipinski definition) is 19. The average Bonchev–Trinajstić information content (AvgIpc) is 3.52. The van der Waals surface area contributed by atoms with Crippen LogP contribution in [0.2, 0.25) is 0 Å². The Hall–Kier alpha value is 3.97. The maximum Gasteiger partial charge on any atom is 1.00 e. The van der Waals surface area contributed by atoms with E-state index < -0.39 is 115 Å². The van der Waals surface area contributed by atoms with E-state index >= 15 is 0 Å². The van der Waals surface area contributed by atoms with Crippen LogP contribution >= 0.6 is 23.2 Å². The molecule has 3 saturated carbocycles. The second-order valence-corrected chi connectivity index (χ2v) is 23.0. The maximum absolute atomic E-state index is 13.0. The smallest absolute Gasteiger partial charge is 0.748 e. The van der Waals surface area contributed by atoms with Gasteiger partial charge in [0.1, 0.15) is 11.6 Å². The summed E-state index contributed by atoms with van der Waals surface area (Å²) >= 11 is 13.1. The van der Waals surface area contributed by atoms with Crippen LogP contribution in [0.25, 0.3) is 0 Å². The number of alkyl halides is 2. The Morgan fingerprint density at radius 1 is 0.812 bits per heavy atom. The van der Waals surface area contributed by atoms with E-state index in [1.807, 2.05) is 11.0 Å². The van der Waals surface area contributed by atoms with E-state index in [0.29, 0.717) is 19.3 Å². The summed E-state index contributed by atoms with van der Waals surface area (Å²) in [4.78, 5) is 27.3. The summed E-state index contributed by atoms with van der Waals surface area (Å²) in [6.45, 7) is 1.84. The largest absolute Gasteiger partial charge is 1.00 e. The number of rotatable bonds is 18. The molecule has 2 amide bonds. The fraction of sp³-hybridized carbons (Fsp3) is 0.812. The van der Waals surface area contributed by atoms with Crippen molar-refractivity contribution in [2.24, 2.45) is 10.2 Å². The molecule has 0 saturated heterocycles. The molecule has 4 rings (SSSR count). The van der Waals surface area contributed by atoms with Crippen LogP contribution < -0.4 is 216 Å². The van der Waals surface area contributed by atoms with Crippen LogP contribution in [-0.2, 0) is 50.1 Å². The molecule has 7 unspecified atom stereocenters. The first-order valence-corrected chi connectivity index (χ1v) is 25.9. The first kappa shape index (κ1) is 68.0. The van der Waals surface area contributed by atoms with Crippen LogP contribution in [0.1, 0.15) is 95.6 Å².